The molecule has 0 fully saturated rings. The number of carbonyl (C=O) groups is 2. The number of nitrogens with zero attached hydrogens (tertiary/aromatic N) is 5. The van der Waals surface area contributed by atoms with Crippen molar-refractivity contribution in [3.05, 3.63) is 88.3 Å². The van der Waals surface area contributed by atoms with Gasteiger partial charge in [-0.1, -0.05) is 18.2 Å². The van der Waals surface area contributed by atoms with Gasteiger partial charge in [-0.15, -0.1) is 0 Å². The summed E-state index contributed by atoms with van der Waals surface area (Å²) in [4.78, 5) is 33.6. The zero-order valence-corrected chi connectivity index (χ0v) is 21.6. The Bertz CT molecular complexity index is 1570. The average Bonchev–Trinajstić information content (AvgIpc) is 3.27. The number of anilines is 1. The summed E-state index contributed by atoms with van der Waals surface area (Å²) >= 11 is 0. The van der Waals surface area contributed by atoms with Crippen molar-refractivity contribution in [1.82, 2.24) is 24.9 Å². The van der Waals surface area contributed by atoms with Gasteiger partial charge in [0.05, 0.1) is 29.9 Å². The SMILES string of the molecule is Cc1cc(CNC(=O)c2cc(C(=O)N[C@H]3CN(S(=O)(=O)N(C)C)c4cc(C#N)ccc43)ncn2)ccc1F. The summed E-state index contributed by atoms with van der Waals surface area (Å²) in [5.41, 5.74) is 2.09. The second-order valence-electron chi connectivity index (χ2n) is 8.79. The first-order chi connectivity index (χ1) is 18.0. The molecular formula is C25H24FN7O4S. The lowest BCUT2D eigenvalue weighted by Crippen LogP contribution is -2.41. The molecule has 0 saturated heterocycles. The van der Waals surface area contributed by atoms with Gasteiger partial charge in [-0.3, -0.25) is 13.9 Å². The molecule has 1 aromatic heterocycles. The van der Waals surface area contributed by atoms with Gasteiger partial charge in [0, 0.05) is 32.3 Å². The fourth-order valence-corrected chi connectivity index (χ4v) is 5.09. The van der Waals surface area contributed by atoms with Crippen LogP contribution in [0.25, 0.3) is 0 Å². The number of carbonyl (C=O) groups excluding carboxylic acids is 2. The average molecular weight is 538 g/mol. The van der Waals surface area contributed by atoms with Crippen molar-refractivity contribution in [3.8, 4) is 6.07 Å². The molecule has 0 saturated carbocycles. The third-order valence-corrected chi connectivity index (χ3v) is 7.83. The first kappa shape index (κ1) is 26.6. The number of aromatic nitrogens is 2. The first-order valence-corrected chi connectivity index (χ1v) is 12.8. The van der Waals surface area contributed by atoms with Gasteiger partial charge in [-0.25, -0.2) is 14.4 Å². The van der Waals surface area contributed by atoms with Gasteiger partial charge in [0.15, 0.2) is 0 Å². The minimum Gasteiger partial charge on any atom is -0.347 e. The molecule has 2 aromatic carbocycles. The van der Waals surface area contributed by atoms with E-state index in [2.05, 4.69) is 20.6 Å². The van der Waals surface area contributed by atoms with Gasteiger partial charge in [-0.2, -0.15) is 18.0 Å². The van der Waals surface area contributed by atoms with E-state index in [9.17, 15) is 27.7 Å². The summed E-state index contributed by atoms with van der Waals surface area (Å²) in [6.07, 6.45) is 1.08. The molecule has 0 unspecified atom stereocenters. The highest BCUT2D eigenvalue weighted by Crippen LogP contribution is 2.38. The van der Waals surface area contributed by atoms with Crippen LogP contribution in [0.4, 0.5) is 10.1 Å². The lowest BCUT2D eigenvalue weighted by Gasteiger charge is -2.23. The Kier molecular flexibility index (Phi) is 7.38. The molecule has 0 aliphatic carbocycles. The van der Waals surface area contributed by atoms with E-state index in [1.54, 1.807) is 31.2 Å². The largest absolute Gasteiger partial charge is 0.347 e. The number of nitrogens with one attached hydrogen (secondary N) is 2. The van der Waals surface area contributed by atoms with E-state index in [4.69, 9.17) is 0 Å². The summed E-state index contributed by atoms with van der Waals surface area (Å²) < 4.78 is 41.4. The number of aryl methyl sites for hydroxylation is 1. The Morgan fingerprint density at radius 1 is 1.13 bits per heavy atom. The van der Waals surface area contributed by atoms with Crippen LogP contribution >= 0.6 is 0 Å². The van der Waals surface area contributed by atoms with Crippen LogP contribution < -0.4 is 14.9 Å². The summed E-state index contributed by atoms with van der Waals surface area (Å²) in [7, 11) is -1.12. The minimum absolute atomic E-state index is 0.0497. The highest BCUT2D eigenvalue weighted by molar-refractivity contribution is 7.90. The predicted octanol–water partition coefficient (Wildman–Crippen LogP) is 1.82. The zero-order chi connectivity index (χ0) is 27.6. The summed E-state index contributed by atoms with van der Waals surface area (Å²) in [6.45, 7) is 1.66. The second-order valence-corrected chi connectivity index (χ2v) is 10.9. The van der Waals surface area contributed by atoms with Crippen LogP contribution in [0.5, 0.6) is 0 Å². The van der Waals surface area contributed by atoms with Gasteiger partial charge in [-0.05, 0) is 36.2 Å². The molecule has 1 aliphatic heterocycles. The third-order valence-electron chi connectivity index (χ3n) is 6.01. The summed E-state index contributed by atoms with van der Waals surface area (Å²) in [5.74, 6) is -1.54. The zero-order valence-electron chi connectivity index (χ0n) is 20.8. The Morgan fingerprint density at radius 2 is 1.84 bits per heavy atom. The molecule has 38 heavy (non-hydrogen) atoms. The molecule has 0 spiro atoms. The van der Waals surface area contributed by atoms with Crippen molar-refractivity contribution in [3.63, 3.8) is 0 Å². The second kappa shape index (κ2) is 10.5. The standard InChI is InChI=1S/C25H24FN7O4S/c1-15-8-17(5-7-19(15)26)12-28-24(34)20-10-21(30-14-29-20)25(35)31-22-13-33(38(36,37)32(2)3)23-9-16(11-27)4-6-18(22)23/h4-10,14,22H,12-13H2,1-3H3,(H,28,34)(H,31,35)/t22-/m0/s1. The molecule has 11 nitrogen and oxygen atoms in total. The molecule has 196 valence electrons. The predicted molar refractivity (Wildman–Crippen MR) is 136 cm³/mol. The molecule has 3 aromatic rings. The maximum absolute atomic E-state index is 13.5. The van der Waals surface area contributed by atoms with Crippen molar-refractivity contribution in [2.75, 3.05) is 24.9 Å². The van der Waals surface area contributed by atoms with E-state index in [0.29, 0.717) is 22.4 Å². The normalized spacial score (nSPS) is 14.6. The van der Waals surface area contributed by atoms with Crippen LogP contribution in [0.2, 0.25) is 0 Å². The van der Waals surface area contributed by atoms with Gasteiger partial charge in [0.1, 0.15) is 23.5 Å². The fourth-order valence-electron chi connectivity index (χ4n) is 3.95. The van der Waals surface area contributed by atoms with E-state index in [1.807, 2.05) is 6.07 Å². The van der Waals surface area contributed by atoms with E-state index in [1.165, 1.54) is 32.3 Å². The number of hydrogen-bond acceptors (Lipinski definition) is 7. The van der Waals surface area contributed by atoms with E-state index < -0.39 is 28.1 Å². The maximum Gasteiger partial charge on any atom is 0.303 e. The molecule has 2 N–H and O–H groups in total. The quantitative estimate of drug-likeness (QED) is 0.467. The first-order valence-electron chi connectivity index (χ1n) is 11.4. The lowest BCUT2D eigenvalue weighted by atomic mass is 10.1. The van der Waals surface area contributed by atoms with Gasteiger partial charge < -0.3 is 10.6 Å². The van der Waals surface area contributed by atoms with Crippen molar-refractivity contribution in [2.45, 2.75) is 19.5 Å². The van der Waals surface area contributed by atoms with Crippen LogP contribution in [0.1, 0.15) is 49.3 Å². The molecule has 4 rings (SSSR count). The summed E-state index contributed by atoms with van der Waals surface area (Å²) in [5, 5.41) is 14.7. The molecule has 2 amide bonds. The van der Waals surface area contributed by atoms with E-state index in [0.717, 1.165) is 14.9 Å². The fraction of sp³-hybridized carbons (Fsp3) is 0.240. The number of hydrogen-bond donors (Lipinski definition) is 2. The van der Waals surface area contributed by atoms with Crippen LogP contribution in [-0.2, 0) is 16.8 Å². The monoisotopic (exact) mass is 537 g/mol. The topological polar surface area (TPSA) is 148 Å². The van der Waals surface area contributed by atoms with Crippen molar-refractivity contribution in [1.29, 1.82) is 5.26 Å². The molecule has 13 heteroatoms. The number of nitriles is 1. The van der Waals surface area contributed by atoms with Crippen molar-refractivity contribution in [2.24, 2.45) is 0 Å². The van der Waals surface area contributed by atoms with E-state index >= 15 is 0 Å². The Hall–Kier alpha value is -4.41. The van der Waals surface area contributed by atoms with Crippen LogP contribution in [-0.4, -0.2) is 55.1 Å². The molecule has 1 atom stereocenters. The highest BCUT2D eigenvalue weighted by Gasteiger charge is 2.38. The number of benzene rings is 2. The lowest BCUT2D eigenvalue weighted by molar-refractivity contribution is 0.0934. The van der Waals surface area contributed by atoms with Gasteiger partial charge in [0.2, 0.25) is 0 Å². The number of fused-ring (bicyclic) bond motifs is 1. The number of rotatable bonds is 7. The van der Waals surface area contributed by atoms with Crippen LogP contribution in [0, 0.1) is 24.1 Å². The smallest absolute Gasteiger partial charge is 0.303 e. The molecule has 2 heterocycles. The third kappa shape index (κ3) is 5.31. The highest BCUT2D eigenvalue weighted by atomic mass is 32.2. The van der Waals surface area contributed by atoms with Crippen LogP contribution in [0.15, 0.2) is 48.8 Å². The molecule has 1 aliphatic rings. The van der Waals surface area contributed by atoms with Crippen molar-refractivity contribution >= 4 is 27.7 Å². The molecular weight excluding hydrogens is 513 g/mol. The Morgan fingerprint density at radius 3 is 2.50 bits per heavy atom. The molecule has 0 radical (unpaired) electrons. The van der Waals surface area contributed by atoms with Gasteiger partial charge >= 0.3 is 10.2 Å². The van der Waals surface area contributed by atoms with Crippen molar-refractivity contribution < 1.29 is 22.4 Å². The Labute approximate surface area is 219 Å². The van der Waals surface area contributed by atoms with E-state index in [-0.39, 0.29) is 35.9 Å². The number of halogens is 1. The molecule has 0 bridgehead atoms. The van der Waals surface area contributed by atoms with Crippen LogP contribution in [0.3, 0.4) is 0 Å². The summed E-state index contributed by atoms with van der Waals surface area (Å²) in [6, 6.07) is 11.6. The minimum atomic E-state index is -3.89. The number of amides is 2. The van der Waals surface area contributed by atoms with Gasteiger partial charge in [0.25, 0.3) is 11.8 Å². The maximum atomic E-state index is 13.5. The Balaban J connectivity index is 1.51.